The van der Waals surface area contributed by atoms with Crippen LogP contribution in [0.3, 0.4) is 0 Å². The van der Waals surface area contributed by atoms with Crippen molar-refractivity contribution in [3.05, 3.63) is 50.2 Å². The van der Waals surface area contributed by atoms with Crippen molar-refractivity contribution in [3.8, 4) is 0 Å². The average Bonchev–Trinajstić information content (AvgIpc) is 2.90. The molecule has 27 heavy (non-hydrogen) atoms. The molecule has 2 aromatic rings. The summed E-state index contributed by atoms with van der Waals surface area (Å²) in [7, 11) is -2.08. The van der Waals surface area contributed by atoms with Crippen LogP contribution < -0.4 is 0 Å². The van der Waals surface area contributed by atoms with Crippen LogP contribution in [0, 0.1) is 0 Å². The molecule has 2 heterocycles. The second-order valence-electron chi connectivity index (χ2n) is 6.00. The van der Waals surface area contributed by atoms with Crippen LogP contribution in [0.2, 0.25) is 20.2 Å². The first-order chi connectivity index (χ1) is 12.6. The van der Waals surface area contributed by atoms with Gasteiger partial charge in [-0.2, -0.15) is 4.31 Å². The molecule has 0 aliphatic carbocycles. The van der Waals surface area contributed by atoms with E-state index in [1.807, 2.05) is 0 Å². The molecular formula is C16H15Cl4N3O3S. The van der Waals surface area contributed by atoms with Gasteiger partial charge in [0.15, 0.2) is 0 Å². The van der Waals surface area contributed by atoms with Gasteiger partial charge in [0, 0.05) is 33.2 Å². The maximum atomic E-state index is 12.8. The summed E-state index contributed by atoms with van der Waals surface area (Å²) in [5.41, 5.74) is 0.353. The number of sulfonamides is 1. The van der Waals surface area contributed by atoms with E-state index in [4.69, 9.17) is 46.4 Å². The van der Waals surface area contributed by atoms with Gasteiger partial charge in [-0.1, -0.05) is 46.4 Å². The molecule has 1 aromatic heterocycles. The summed E-state index contributed by atoms with van der Waals surface area (Å²) in [6, 6.07) is 5.68. The van der Waals surface area contributed by atoms with E-state index in [1.54, 1.807) is 11.9 Å². The van der Waals surface area contributed by atoms with Gasteiger partial charge in [0.1, 0.15) is 10.8 Å². The lowest BCUT2D eigenvalue weighted by Gasteiger charge is -2.34. The third-order valence-electron chi connectivity index (χ3n) is 4.39. The largest absolute Gasteiger partial charge is 0.335 e. The van der Waals surface area contributed by atoms with Gasteiger partial charge in [0.2, 0.25) is 10.0 Å². The second kappa shape index (κ2) is 7.81. The van der Waals surface area contributed by atoms with Crippen molar-refractivity contribution in [1.29, 1.82) is 0 Å². The topological polar surface area (TPSA) is 62.6 Å². The molecule has 6 nitrogen and oxygen atoms in total. The van der Waals surface area contributed by atoms with Crippen molar-refractivity contribution >= 4 is 62.3 Å². The first-order valence-corrected chi connectivity index (χ1v) is 10.8. The van der Waals surface area contributed by atoms with E-state index in [-0.39, 0.29) is 52.2 Å². The number of amides is 1. The zero-order valence-corrected chi connectivity index (χ0v) is 18.0. The zero-order valence-electron chi connectivity index (χ0n) is 14.1. The van der Waals surface area contributed by atoms with E-state index in [0.717, 1.165) is 0 Å². The van der Waals surface area contributed by atoms with Crippen LogP contribution in [-0.4, -0.2) is 54.3 Å². The number of halogens is 4. The van der Waals surface area contributed by atoms with Crippen molar-refractivity contribution in [2.45, 2.75) is 4.90 Å². The number of nitrogens with zero attached hydrogens (tertiary/aromatic N) is 3. The summed E-state index contributed by atoms with van der Waals surface area (Å²) in [5, 5.41) is 1.03. The summed E-state index contributed by atoms with van der Waals surface area (Å²) < 4.78 is 28.4. The van der Waals surface area contributed by atoms with E-state index < -0.39 is 10.0 Å². The van der Waals surface area contributed by atoms with Crippen LogP contribution in [0.5, 0.6) is 0 Å². The number of carbonyl (C=O) groups excluding carboxylic acids is 1. The van der Waals surface area contributed by atoms with Gasteiger partial charge in [0.25, 0.3) is 5.91 Å². The highest BCUT2D eigenvalue weighted by Gasteiger charge is 2.31. The van der Waals surface area contributed by atoms with Gasteiger partial charge < -0.3 is 9.47 Å². The normalized spacial score (nSPS) is 16.0. The molecule has 0 radical (unpaired) electrons. The molecule has 3 rings (SSSR count). The van der Waals surface area contributed by atoms with Gasteiger partial charge in [-0.05, 0) is 24.3 Å². The highest BCUT2D eigenvalue weighted by molar-refractivity contribution is 7.89. The van der Waals surface area contributed by atoms with Crippen LogP contribution in [-0.2, 0) is 17.1 Å². The minimum atomic E-state index is -3.72. The fraction of sp³-hybridized carbons (Fsp3) is 0.312. The molecule has 1 aromatic carbocycles. The molecule has 0 spiro atoms. The highest BCUT2D eigenvalue weighted by atomic mass is 35.5. The number of hydrogen-bond acceptors (Lipinski definition) is 3. The van der Waals surface area contributed by atoms with Crippen molar-refractivity contribution in [3.63, 3.8) is 0 Å². The fourth-order valence-corrected chi connectivity index (χ4v) is 5.01. The molecule has 0 unspecified atom stereocenters. The summed E-state index contributed by atoms with van der Waals surface area (Å²) >= 11 is 23.7. The van der Waals surface area contributed by atoms with Gasteiger partial charge in [-0.15, -0.1) is 0 Å². The van der Waals surface area contributed by atoms with Gasteiger partial charge in [-0.25, -0.2) is 8.42 Å². The van der Waals surface area contributed by atoms with Crippen molar-refractivity contribution in [2.75, 3.05) is 26.2 Å². The van der Waals surface area contributed by atoms with Crippen LogP contribution >= 0.6 is 46.4 Å². The summed E-state index contributed by atoms with van der Waals surface area (Å²) in [6.07, 6.45) is 0. The molecule has 1 amide bonds. The molecule has 1 aliphatic heterocycles. The molecule has 11 heteroatoms. The number of hydrogen-bond donors (Lipinski definition) is 0. The second-order valence-corrected chi connectivity index (χ2v) is 9.52. The SMILES string of the molecule is Cn1c(C(=O)N2CCN(S(=O)(=O)c3ccc(Cl)c(Cl)c3)CC2)cc(Cl)c1Cl. The Bertz CT molecular complexity index is 999. The van der Waals surface area contributed by atoms with Crippen molar-refractivity contribution in [1.82, 2.24) is 13.8 Å². The van der Waals surface area contributed by atoms with Gasteiger partial charge in [-0.3, -0.25) is 4.79 Å². The molecule has 1 saturated heterocycles. The van der Waals surface area contributed by atoms with Crippen molar-refractivity contribution in [2.24, 2.45) is 7.05 Å². The molecule has 0 atom stereocenters. The number of piperazine rings is 1. The smallest absolute Gasteiger partial charge is 0.270 e. The van der Waals surface area contributed by atoms with Crippen molar-refractivity contribution < 1.29 is 13.2 Å². The Morgan fingerprint density at radius 3 is 2.07 bits per heavy atom. The van der Waals surface area contributed by atoms with E-state index in [2.05, 4.69) is 0 Å². The minimum absolute atomic E-state index is 0.0673. The maximum absolute atomic E-state index is 12.8. The van der Waals surface area contributed by atoms with E-state index in [1.165, 1.54) is 33.1 Å². The first-order valence-electron chi connectivity index (χ1n) is 7.88. The molecule has 146 valence electrons. The molecule has 0 bridgehead atoms. The molecule has 0 saturated carbocycles. The predicted octanol–water partition coefficient (Wildman–Crippen LogP) is 3.79. The third kappa shape index (κ3) is 3.95. The van der Waals surface area contributed by atoms with Gasteiger partial charge in [0.05, 0.1) is 20.0 Å². The zero-order chi connectivity index (χ0) is 19.9. The summed E-state index contributed by atoms with van der Waals surface area (Å²) in [6.45, 7) is 0.833. The lowest BCUT2D eigenvalue weighted by Crippen LogP contribution is -2.50. The quantitative estimate of drug-likeness (QED) is 0.685. The third-order valence-corrected chi connectivity index (χ3v) is 7.87. The maximum Gasteiger partial charge on any atom is 0.270 e. The lowest BCUT2D eigenvalue weighted by atomic mass is 10.3. The Hall–Kier alpha value is -0.960. The number of aromatic nitrogens is 1. The van der Waals surface area contributed by atoms with Crippen LogP contribution in [0.4, 0.5) is 0 Å². The monoisotopic (exact) mass is 469 g/mol. The van der Waals surface area contributed by atoms with E-state index >= 15 is 0 Å². The predicted molar refractivity (Wildman–Crippen MR) is 107 cm³/mol. The Labute approximate surface area is 177 Å². The van der Waals surface area contributed by atoms with Crippen LogP contribution in [0.15, 0.2) is 29.2 Å². The first kappa shape index (κ1) is 20.8. The summed E-state index contributed by atoms with van der Waals surface area (Å²) in [4.78, 5) is 14.3. The molecular weight excluding hydrogens is 456 g/mol. The van der Waals surface area contributed by atoms with Gasteiger partial charge >= 0.3 is 0 Å². The van der Waals surface area contributed by atoms with E-state index in [9.17, 15) is 13.2 Å². The lowest BCUT2D eigenvalue weighted by molar-refractivity contribution is 0.0688. The number of rotatable bonds is 3. The molecule has 0 N–H and O–H groups in total. The molecule has 1 fully saturated rings. The molecule has 1 aliphatic rings. The Morgan fingerprint density at radius 1 is 0.926 bits per heavy atom. The standard InChI is InChI=1S/C16H15Cl4N3O3S/c1-21-14(9-13(19)15(21)20)16(24)22-4-6-23(7-5-22)27(25,26)10-2-3-11(17)12(18)8-10/h2-3,8-9H,4-7H2,1H3. The Kier molecular flexibility index (Phi) is 6.01. The fourth-order valence-electron chi connectivity index (χ4n) is 2.83. The average molecular weight is 471 g/mol. The van der Waals surface area contributed by atoms with E-state index in [0.29, 0.717) is 10.7 Å². The van der Waals surface area contributed by atoms with Crippen LogP contribution in [0.25, 0.3) is 0 Å². The number of carbonyl (C=O) groups is 1. The summed E-state index contributed by atoms with van der Waals surface area (Å²) in [5.74, 6) is -0.252. The Balaban J connectivity index is 1.73. The minimum Gasteiger partial charge on any atom is -0.335 e. The highest BCUT2D eigenvalue weighted by Crippen LogP contribution is 2.28. The van der Waals surface area contributed by atoms with Crippen LogP contribution in [0.1, 0.15) is 10.5 Å². The Morgan fingerprint density at radius 2 is 1.56 bits per heavy atom. The number of benzene rings is 1.